The van der Waals surface area contributed by atoms with Gasteiger partial charge in [-0.1, -0.05) is 48.5 Å². The van der Waals surface area contributed by atoms with Gasteiger partial charge in [0.25, 0.3) is 5.91 Å². The van der Waals surface area contributed by atoms with Gasteiger partial charge >= 0.3 is 0 Å². The van der Waals surface area contributed by atoms with Crippen molar-refractivity contribution < 1.29 is 13.2 Å². The summed E-state index contributed by atoms with van der Waals surface area (Å²) in [6.45, 7) is -0.386. The Kier molecular flexibility index (Phi) is 5.40. The Labute approximate surface area is 128 Å². The normalized spacial score (nSPS) is 11.5. The van der Waals surface area contributed by atoms with Crippen LogP contribution in [0.2, 0.25) is 0 Å². The van der Waals surface area contributed by atoms with E-state index in [1.54, 1.807) is 18.2 Å². The van der Waals surface area contributed by atoms with E-state index in [2.05, 4.69) is 15.2 Å². The lowest BCUT2D eigenvalue weighted by atomic mass is 10.2. The second kappa shape index (κ2) is 7.48. The summed E-state index contributed by atoms with van der Waals surface area (Å²) in [5.74, 6) is -0.549. The summed E-state index contributed by atoms with van der Waals surface area (Å²) < 4.78 is 26.0. The van der Waals surface area contributed by atoms with Gasteiger partial charge in [0.15, 0.2) is 0 Å². The van der Waals surface area contributed by atoms with Crippen LogP contribution in [-0.2, 0) is 14.8 Å². The molecule has 0 aromatic heterocycles. The van der Waals surface area contributed by atoms with E-state index >= 15 is 0 Å². The third-order valence-corrected chi connectivity index (χ3v) is 4.10. The highest BCUT2D eigenvalue weighted by Gasteiger charge is 2.14. The van der Waals surface area contributed by atoms with Crippen molar-refractivity contribution in [3.8, 4) is 0 Å². The topological polar surface area (TPSA) is 87.6 Å². The summed E-state index contributed by atoms with van der Waals surface area (Å²) in [5, 5.41) is 3.76. The number of carbonyl (C=O) groups is 1. The van der Waals surface area contributed by atoms with Crippen LogP contribution in [-0.4, -0.2) is 27.1 Å². The number of hydrogen-bond acceptors (Lipinski definition) is 4. The lowest BCUT2D eigenvalue weighted by Crippen LogP contribution is -2.34. The first-order chi connectivity index (χ1) is 10.6. The van der Waals surface area contributed by atoms with Gasteiger partial charge in [0, 0.05) is 0 Å². The van der Waals surface area contributed by atoms with Crippen molar-refractivity contribution in [1.82, 2.24) is 10.1 Å². The molecule has 0 bridgehead atoms. The smallest absolute Gasteiger partial charge is 0.255 e. The fraction of sp³-hybridized carbons (Fsp3) is 0.0667. The number of amides is 1. The minimum atomic E-state index is -3.70. The fourth-order valence-corrected chi connectivity index (χ4v) is 2.60. The molecule has 0 aliphatic carbocycles. The number of nitrogens with one attached hydrogen (secondary N) is 2. The molecule has 2 N–H and O–H groups in total. The molecule has 0 saturated carbocycles. The summed E-state index contributed by atoms with van der Waals surface area (Å²) in [6, 6.07) is 17.0. The van der Waals surface area contributed by atoms with Gasteiger partial charge in [0.1, 0.15) is 0 Å². The second-order valence-corrected chi connectivity index (χ2v) is 6.11. The van der Waals surface area contributed by atoms with Gasteiger partial charge in [-0.2, -0.15) is 5.10 Å². The summed E-state index contributed by atoms with van der Waals surface area (Å²) in [6.07, 6.45) is 1.48. The van der Waals surface area contributed by atoms with Crippen LogP contribution >= 0.6 is 0 Å². The van der Waals surface area contributed by atoms with Crippen molar-refractivity contribution in [2.24, 2.45) is 5.10 Å². The van der Waals surface area contributed by atoms with Crippen molar-refractivity contribution in [2.75, 3.05) is 6.54 Å². The Morgan fingerprint density at radius 3 is 2.23 bits per heavy atom. The molecule has 0 heterocycles. The number of carbonyl (C=O) groups excluding carboxylic acids is 1. The van der Waals surface area contributed by atoms with E-state index in [-0.39, 0.29) is 11.4 Å². The third-order valence-electron chi connectivity index (χ3n) is 2.68. The van der Waals surface area contributed by atoms with Crippen molar-refractivity contribution in [3.63, 3.8) is 0 Å². The maximum Gasteiger partial charge on any atom is 0.255 e. The van der Waals surface area contributed by atoms with Gasteiger partial charge in [-0.05, 0) is 17.7 Å². The molecule has 22 heavy (non-hydrogen) atoms. The van der Waals surface area contributed by atoms with E-state index in [1.807, 2.05) is 30.3 Å². The Morgan fingerprint density at radius 1 is 1.00 bits per heavy atom. The number of hydrazone groups is 1. The molecule has 0 spiro atoms. The molecule has 6 nitrogen and oxygen atoms in total. The maximum absolute atomic E-state index is 11.9. The molecule has 0 atom stereocenters. The first-order valence-electron chi connectivity index (χ1n) is 6.49. The summed E-state index contributed by atoms with van der Waals surface area (Å²) in [5.41, 5.74) is 3.09. The quantitative estimate of drug-likeness (QED) is 0.618. The Balaban J connectivity index is 1.84. The molecule has 0 unspecified atom stereocenters. The number of benzene rings is 2. The molecular formula is C15H15N3O3S. The molecular weight excluding hydrogens is 302 g/mol. The molecule has 7 heteroatoms. The van der Waals surface area contributed by atoms with E-state index in [0.29, 0.717) is 0 Å². The minimum Gasteiger partial charge on any atom is -0.272 e. The Morgan fingerprint density at radius 2 is 1.59 bits per heavy atom. The lowest BCUT2D eigenvalue weighted by Gasteiger charge is -2.05. The molecule has 0 saturated heterocycles. The molecule has 0 aliphatic heterocycles. The van der Waals surface area contributed by atoms with Crippen LogP contribution in [0.15, 0.2) is 70.7 Å². The Hall–Kier alpha value is -2.51. The van der Waals surface area contributed by atoms with Gasteiger partial charge in [0.2, 0.25) is 10.0 Å². The van der Waals surface area contributed by atoms with Crippen molar-refractivity contribution >= 4 is 22.1 Å². The number of hydrogen-bond donors (Lipinski definition) is 2. The number of nitrogens with zero attached hydrogens (tertiary/aromatic N) is 1. The maximum atomic E-state index is 11.9. The fourth-order valence-electron chi connectivity index (χ4n) is 1.60. The van der Waals surface area contributed by atoms with Gasteiger partial charge in [0.05, 0.1) is 17.7 Å². The second-order valence-electron chi connectivity index (χ2n) is 4.34. The zero-order valence-corrected chi connectivity index (χ0v) is 12.5. The summed E-state index contributed by atoms with van der Waals surface area (Å²) >= 11 is 0. The molecule has 2 rings (SSSR count). The van der Waals surface area contributed by atoms with Crippen LogP contribution in [0.1, 0.15) is 5.56 Å². The summed E-state index contributed by atoms with van der Waals surface area (Å²) in [4.78, 5) is 11.7. The van der Waals surface area contributed by atoms with E-state index in [1.165, 1.54) is 18.3 Å². The average molecular weight is 317 g/mol. The SMILES string of the molecule is O=C(CNS(=O)(=O)c1ccccc1)N/N=C\c1ccccc1. The average Bonchev–Trinajstić information content (AvgIpc) is 2.55. The van der Waals surface area contributed by atoms with Crippen molar-refractivity contribution in [3.05, 3.63) is 66.2 Å². The van der Waals surface area contributed by atoms with E-state index in [4.69, 9.17) is 0 Å². The zero-order valence-electron chi connectivity index (χ0n) is 11.6. The highest BCUT2D eigenvalue weighted by atomic mass is 32.2. The molecule has 1 amide bonds. The molecule has 114 valence electrons. The predicted octanol–water partition coefficient (Wildman–Crippen LogP) is 1.12. The Bertz CT molecular complexity index is 744. The first kappa shape index (κ1) is 15.9. The minimum absolute atomic E-state index is 0.107. The van der Waals surface area contributed by atoms with Crippen LogP contribution < -0.4 is 10.1 Å². The number of rotatable bonds is 6. The third kappa shape index (κ3) is 4.80. The molecule has 0 aliphatic rings. The van der Waals surface area contributed by atoms with Gasteiger partial charge < -0.3 is 0 Å². The first-order valence-corrected chi connectivity index (χ1v) is 7.98. The van der Waals surface area contributed by atoms with Gasteiger partial charge in [-0.3, -0.25) is 4.79 Å². The standard InChI is InChI=1S/C15H15N3O3S/c19-15(18-16-11-13-7-3-1-4-8-13)12-17-22(20,21)14-9-5-2-6-10-14/h1-11,17H,12H2,(H,18,19)/b16-11-. The van der Waals surface area contributed by atoms with Crippen LogP contribution in [0.5, 0.6) is 0 Å². The van der Waals surface area contributed by atoms with Crippen LogP contribution in [0.3, 0.4) is 0 Å². The predicted molar refractivity (Wildman–Crippen MR) is 83.8 cm³/mol. The zero-order chi connectivity index (χ0) is 15.8. The van der Waals surface area contributed by atoms with Crippen LogP contribution in [0, 0.1) is 0 Å². The molecule has 0 radical (unpaired) electrons. The monoisotopic (exact) mass is 317 g/mol. The van der Waals surface area contributed by atoms with Gasteiger partial charge in [-0.15, -0.1) is 0 Å². The van der Waals surface area contributed by atoms with Crippen molar-refractivity contribution in [2.45, 2.75) is 4.90 Å². The highest BCUT2D eigenvalue weighted by molar-refractivity contribution is 7.89. The van der Waals surface area contributed by atoms with E-state index < -0.39 is 15.9 Å². The number of sulfonamides is 1. The highest BCUT2D eigenvalue weighted by Crippen LogP contribution is 2.06. The van der Waals surface area contributed by atoms with Gasteiger partial charge in [-0.25, -0.2) is 18.6 Å². The summed E-state index contributed by atoms with van der Waals surface area (Å²) in [7, 11) is -3.70. The molecule has 2 aromatic carbocycles. The molecule has 2 aromatic rings. The van der Waals surface area contributed by atoms with E-state index in [9.17, 15) is 13.2 Å². The molecule has 0 fully saturated rings. The van der Waals surface area contributed by atoms with Crippen LogP contribution in [0.25, 0.3) is 0 Å². The van der Waals surface area contributed by atoms with Crippen molar-refractivity contribution in [1.29, 1.82) is 0 Å². The lowest BCUT2D eigenvalue weighted by molar-refractivity contribution is -0.119. The van der Waals surface area contributed by atoms with Crippen LogP contribution in [0.4, 0.5) is 0 Å². The van der Waals surface area contributed by atoms with E-state index in [0.717, 1.165) is 5.56 Å². The largest absolute Gasteiger partial charge is 0.272 e.